The largest absolute Gasteiger partial charge is 0.469 e. The van der Waals surface area contributed by atoms with Crippen LogP contribution in [0.3, 0.4) is 0 Å². The maximum atomic E-state index is 14.0. The van der Waals surface area contributed by atoms with Gasteiger partial charge in [-0.2, -0.15) is 0 Å². The molecule has 2 fully saturated rings. The average molecular weight is 490 g/mol. The molecule has 0 saturated carbocycles. The second-order valence-corrected chi connectivity index (χ2v) is 9.35. The molecule has 3 aromatic rings. The van der Waals surface area contributed by atoms with E-state index in [4.69, 9.17) is 4.42 Å². The standard InChI is InChI=1S/C27H31N5O4/c1-4-28-27(35)32-25-18(2)30(16-20-11-7-10-19-9-5-6-13-22(19)20)26(34)23(15-21-12-8-14-36-21)31(25)24(33)17-29(32)3/h5-14,18,23,25H,4,15-17H2,1-3H3,(H,28,35)/t18-,23-,25?/m0/s1. The van der Waals surface area contributed by atoms with Crippen molar-refractivity contribution < 1.29 is 18.8 Å². The molecule has 1 aromatic heterocycles. The highest BCUT2D eigenvalue weighted by Gasteiger charge is 2.54. The number of fused-ring (bicyclic) bond motifs is 2. The molecule has 3 heterocycles. The highest BCUT2D eigenvalue weighted by atomic mass is 16.3. The number of piperazine rings is 1. The molecule has 0 spiro atoms. The number of furan rings is 1. The number of rotatable bonds is 5. The van der Waals surface area contributed by atoms with Crippen LogP contribution in [0.25, 0.3) is 10.8 Å². The SMILES string of the molecule is CCNC(=O)N1C2[C@H](C)N(Cc3cccc4ccccc34)C(=O)[C@H](Cc3ccco3)N2C(=O)CN1C. The number of hydrogen-bond donors (Lipinski definition) is 1. The van der Waals surface area contributed by atoms with E-state index in [0.717, 1.165) is 16.3 Å². The molecule has 2 aliphatic heterocycles. The molecule has 9 nitrogen and oxygen atoms in total. The third-order valence-electron chi connectivity index (χ3n) is 7.11. The van der Waals surface area contributed by atoms with E-state index in [0.29, 0.717) is 18.8 Å². The summed E-state index contributed by atoms with van der Waals surface area (Å²) in [5, 5.41) is 8.24. The van der Waals surface area contributed by atoms with Crippen molar-refractivity contribution in [3.05, 3.63) is 72.2 Å². The fraction of sp³-hybridized carbons (Fsp3) is 0.370. The summed E-state index contributed by atoms with van der Waals surface area (Å²) in [4.78, 5) is 44.0. The van der Waals surface area contributed by atoms with Crippen LogP contribution in [0.2, 0.25) is 0 Å². The fourth-order valence-electron chi connectivity index (χ4n) is 5.44. The Morgan fingerprint density at radius 3 is 2.61 bits per heavy atom. The molecule has 5 rings (SSSR count). The lowest BCUT2D eigenvalue weighted by molar-refractivity contribution is -0.196. The Hall–Kier alpha value is -3.85. The molecule has 0 radical (unpaired) electrons. The lowest BCUT2D eigenvalue weighted by Crippen LogP contribution is -2.78. The average Bonchev–Trinajstić information content (AvgIpc) is 3.38. The number of carbonyl (C=O) groups excluding carboxylic acids is 3. The van der Waals surface area contributed by atoms with Gasteiger partial charge in [-0.3, -0.25) is 9.59 Å². The van der Waals surface area contributed by atoms with Crippen molar-refractivity contribution in [2.24, 2.45) is 0 Å². The van der Waals surface area contributed by atoms with E-state index in [1.807, 2.05) is 50.2 Å². The summed E-state index contributed by atoms with van der Waals surface area (Å²) in [7, 11) is 1.73. The van der Waals surface area contributed by atoms with Crippen LogP contribution < -0.4 is 5.32 Å². The Balaban J connectivity index is 1.58. The highest BCUT2D eigenvalue weighted by Crippen LogP contribution is 2.33. The zero-order valence-corrected chi connectivity index (χ0v) is 20.8. The van der Waals surface area contributed by atoms with Gasteiger partial charge in [-0.25, -0.2) is 14.8 Å². The van der Waals surface area contributed by atoms with Crippen LogP contribution in [0, 0.1) is 0 Å². The number of nitrogens with one attached hydrogen (secondary N) is 1. The highest BCUT2D eigenvalue weighted by molar-refractivity contribution is 5.92. The molecule has 4 amide bonds. The molecule has 3 atom stereocenters. The number of benzene rings is 2. The predicted octanol–water partition coefficient (Wildman–Crippen LogP) is 2.82. The van der Waals surface area contributed by atoms with Crippen LogP contribution >= 0.6 is 0 Å². The summed E-state index contributed by atoms with van der Waals surface area (Å²) >= 11 is 0. The molecule has 1 unspecified atom stereocenters. The third-order valence-corrected chi connectivity index (χ3v) is 7.11. The van der Waals surface area contributed by atoms with Gasteiger partial charge in [-0.15, -0.1) is 0 Å². The molecule has 0 aliphatic carbocycles. The topological polar surface area (TPSA) is 89.3 Å². The molecule has 2 aliphatic rings. The second kappa shape index (κ2) is 9.66. The van der Waals surface area contributed by atoms with Crippen LogP contribution in [0.4, 0.5) is 4.79 Å². The van der Waals surface area contributed by atoms with Crippen LogP contribution in [-0.2, 0) is 22.6 Å². The van der Waals surface area contributed by atoms with Gasteiger partial charge in [0.05, 0.1) is 18.8 Å². The minimum absolute atomic E-state index is 0.00557. The first kappa shape index (κ1) is 23.9. The van der Waals surface area contributed by atoms with Crippen molar-refractivity contribution in [1.29, 1.82) is 0 Å². The maximum absolute atomic E-state index is 14.0. The van der Waals surface area contributed by atoms with Gasteiger partial charge in [-0.05, 0) is 42.3 Å². The first-order chi connectivity index (χ1) is 17.4. The number of hydrogen-bond acceptors (Lipinski definition) is 5. The van der Waals surface area contributed by atoms with E-state index in [2.05, 4.69) is 11.4 Å². The Morgan fingerprint density at radius 2 is 1.86 bits per heavy atom. The van der Waals surface area contributed by atoms with Gasteiger partial charge in [0.1, 0.15) is 18.0 Å². The Labute approximate surface area is 210 Å². The van der Waals surface area contributed by atoms with Gasteiger partial charge in [0.15, 0.2) is 0 Å². The van der Waals surface area contributed by atoms with Gasteiger partial charge in [0.2, 0.25) is 11.8 Å². The first-order valence-electron chi connectivity index (χ1n) is 12.3. The van der Waals surface area contributed by atoms with E-state index in [1.54, 1.807) is 45.3 Å². The molecule has 2 aromatic carbocycles. The molecular formula is C27H31N5O4. The molecule has 1 N–H and O–H groups in total. The van der Waals surface area contributed by atoms with E-state index >= 15 is 0 Å². The number of amides is 4. The van der Waals surface area contributed by atoms with Crippen LogP contribution in [-0.4, -0.2) is 76.0 Å². The first-order valence-corrected chi connectivity index (χ1v) is 12.3. The van der Waals surface area contributed by atoms with E-state index in [1.165, 1.54) is 0 Å². The van der Waals surface area contributed by atoms with Crippen molar-refractivity contribution in [3.8, 4) is 0 Å². The quantitative estimate of drug-likeness (QED) is 0.595. The number of hydrazine groups is 1. The molecule has 188 valence electrons. The van der Waals surface area contributed by atoms with Crippen molar-refractivity contribution >= 4 is 28.6 Å². The Morgan fingerprint density at radius 1 is 1.08 bits per heavy atom. The minimum Gasteiger partial charge on any atom is -0.469 e. The maximum Gasteiger partial charge on any atom is 0.333 e. The molecule has 9 heteroatoms. The number of nitrogens with zero attached hydrogens (tertiary/aromatic N) is 4. The van der Waals surface area contributed by atoms with Crippen molar-refractivity contribution in [1.82, 2.24) is 25.1 Å². The second-order valence-electron chi connectivity index (χ2n) is 9.35. The number of likely N-dealkylation sites (N-methyl/N-ethyl adjacent to an activating group) is 1. The minimum atomic E-state index is -0.787. The Kier molecular flexibility index (Phi) is 6.40. The third kappa shape index (κ3) is 4.09. The summed E-state index contributed by atoms with van der Waals surface area (Å²) < 4.78 is 5.56. The zero-order chi connectivity index (χ0) is 25.4. The van der Waals surface area contributed by atoms with Crippen molar-refractivity contribution in [3.63, 3.8) is 0 Å². The smallest absolute Gasteiger partial charge is 0.333 e. The van der Waals surface area contributed by atoms with Crippen LogP contribution in [0.15, 0.2) is 65.3 Å². The summed E-state index contributed by atoms with van der Waals surface area (Å²) in [6.07, 6.45) is 1.14. The van der Waals surface area contributed by atoms with E-state index in [9.17, 15) is 14.4 Å². The van der Waals surface area contributed by atoms with E-state index in [-0.39, 0.29) is 30.8 Å². The number of carbonyl (C=O) groups is 3. The Bertz CT molecular complexity index is 1270. The van der Waals surface area contributed by atoms with Crippen LogP contribution in [0.5, 0.6) is 0 Å². The van der Waals surface area contributed by atoms with Crippen molar-refractivity contribution in [2.45, 2.75) is 45.1 Å². The van der Waals surface area contributed by atoms with E-state index < -0.39 is 18.2 Å². The van der Waals surface area contributed by atoms with Gasteiger partial charge < -0.3 is 19.5 Å². The monoisotopic (exact) mass is 489 g/mol. The zero-order valence-electron chi connectivity index (χ0n) is 20.8. The van der Waals surface area contributed by atoms with Crippen molar-refractivity contribution in [2.75, 3.05) is 20.1 Å². The lowest BCUT2D eigenvalue weighted by atomic mass is 9.96. The van der Waals surface area contributed by atoms with Gasteiger partial charge in [-0.1, -0.05) is 42.5 Å². The molecule has 0 bridgehead atoms. The molecule has 2 saturated heterocycles. The molecule has 36 heavy (non-hydrogen) atoms. The van der Waals surface area contributed by atoms with Crippen LogP contribution in [0.1, 0.15) is 25.2 Å². The predicted molar refractivity (Wildman–Crippen MR) is 134 cm³/mol. The summed E-state index contributed by atoms with van der Waals surface area (Å²) in [6.45, 7) is 4.58. The summed E-state index contributed by atoms with van der Waals surface area (Å²) in [5.41, 5.74) is 1.01. The van der Waals surface area contributed by atoms with Gasteiger partial charge >= 0.3 is 6.03 Å². The summed E-state index contributed by atoms with van der Waals surface area (Å²) in [5.74, 6) is 0.268. The fourth-order valence-corrected chi connectivity index (χ4v) is 5.44. The van der Waals surface area contributed by atoms with Gasteiger partial charge in [0, 0.05) is 26.6 Å². The summed E-state index contributed by atoms with van der Waals surface area (Å²) in [6, 6.07) is 16.2. The normalized spacial score (nSPS) is 22.8. The molecular weight excluding hydrogens is 458 g/mol. The number of urea groups is 1. The van der Waals surface area contributed by atoms with Gasteiger partial charge in [0.25, 0.3) is 0 Å². The lowest BCUT2D eigenvalue weighted by Gasteiger charge is -2.57.